The first-order valence-electron chi connectivity index (χ1n) is 9.00. The van der Waals surface area contributed by atoms with Crippen LogP contribution in [0.15, 0.2) is 59.1 Å². The zero-order chi connectivity index (χ0) is 19.1. The second-order valence-corrected chi connectivity index (χ2v) is 7.28. The monoisotopic (exact) mass is 392 g/mol. The quantitative estimate of drug-likeness (QED) is 0.499. The molecule has 2 aromatic heterocycles. The first kappa shape index (κ1) is 17.2. The van der Waals surface area contributed by atoms with Crippen molar-refractivity contribution in [2.45, 2.75) is 26.2 Å². The fourth-order valence-electron chi connectivity index (χ4n) is 3.26. The van der Waals surface area contributed by atoms with Crippen LogP contribution >= 0.6 is 11.6 Å². The summed E-state index contributed by atoms with van der Waals surface area (Å²) < 4.78 is 13.4. The number of rotatable bonds is 3. The van der Waals surface area contributed by atoms with Crippen molar-refractivity contribution in [1.82, 2.24) is 19.9 Å². The first-order chi connectivity index (χ1) is 13.7. The molecule has 1 unspecified atom stereocenters. The molecular weight excluding hydrogens is 376 g/mol. The standard InChI is InChI=1S/C21H17ClN4O2/c1-13-2-4-14(5-3-13)19-11-26-17(12-27-19)10-18(24-26)21-23-20(25-28-21)15-6-8-16(22)9-7-15/h2-10,19H,11-12H2,1H3. The van der Waals surface area contributed by atoms with Crippen molar-refractivity contribution in [3.8, 4) is 23.0 Å². The van der Waals surface area contributed by atoms with Gasteiger partial charge in [-0.25, -0.2) is 0 Å². The van der Waals surface area contributed by atoms with Crippen LogP contribution in [0, 0.1) is 6.92 Å². The molecule has 3 heterocycles. The molecule has 0 saturated heterocycles. The molecule has 4 aromatic rings. The molecule has 0 amide bonds. The molecule has 140 valence electrons. The number of hydrogen-bond donors (Lipinski definition) is 0. The van der Waals surface area contributed by atoms with Crippen LogP contribution in [0.4, 0.5) is 0 Å². The first-order valence-corrected chi connectivity index (χ1v) is 9.38. The molecule has 1 aliphatic rings. The van der Waals surface area contributed by atoms with E-state index in [1.165, 1.54) is 5.56 Å². The smallest absolute Gasteiger partial charge is 0.278 e. The van der Waals surface area contributed by atoms with Crippen LogP contribution in [0.5, 0.6) is 0 Å². The molecule has 0 saturated carbocycles. The summed E-state index contributed by atoms with van der Waals surface area (Å²) >= 11 is 5.93. The Hall–Kier alpha value is -2.96. The molecule has 2 aromatic carbocycles. The van der Waals surface area contributed by atoms with Crippen LogP contribution in [0.25, 0.3) is 23.0 Å². The zero-order valence-electron chi connectivity index (χ0n) is 15.2. The number of hydrogen-bond acceptors (Lipinski definition) is 5. The maximum atomic E-state index is 6.03. The summed E-state index contributed by atoms with van der Waals surface area (Å²) in [4.78, 5) is 4.47. The van der Waals surface area contributed by atoms with Crippen LogP contribution < -0.4 is 0 Å². The minimum absolute atomic E-state index is 0.0202. The van der Waals surface area contributed by atoms with Gasteiger partial charge in [-0.1, -0.05) is 46.6 Å². The van der Waals surface area contributed by atoms with Gasteiger partial charge in [0.15, 0.2) is 5.69 Å². The molecule has 28 heavy (non-hydrogen) atoms. The Morgan fingerprint density at radius 2 is 1.86 bits per heavy atom. The average Bonchev–Trinajstić information content (AvgIpc) is 3.35. The van der Waals surface area contributed by atoms with Gasteiger partial charge in [0.2, 0.25) is 5.82 Å². The maximum absolute atomic E-state index is 6.03. The molecule has 1 atom stereocenters. The van der Waals surface area contributed by atoms with E-state index in [0.717, 1.165) is 16.8 Å². The van der Waals surface area contributed by atoms with Crippen molar-refractivity contribution < 1.29 is 9.26 Å². The van der Waals surface area contributed by atoms with E-state index < -0.39 is 0 Å². The lowest BCUT2D eigenvalue weighted by atomic mass is 10.1. The molecular formula is C21H17ClN4O2. The Bertz CT molecular complexity index is 1120. The summed E-state index contributed by atoms with van der Waals surface area (Å²) in [7, 11) is 0. The van der Waals surface area contributed by atoms with Gasteiger partial charge in [-0.2, -0.15) is 10.1 Å². The molecule has 0 radical (unpaired) electrons. The number of halogens is 1. The van der Waals surface area contributed by atoms with E-state index in [0.29, 0.717) is 35.6 Å². The SMILES string of the molecule is Cc1ccc(C2Cn3nc(-c4nc(-c5ccc(Cl)cc5)no4)cc3CO2)cc1. The Balaban J connectivity index is 1.39. The molecule has 7 heteroatoms. The van der Waals surface area contributed by atoms with Gasteiger partial charge in [0.05, 0.1) is 18.8 Å². The van der Waals surface area contributed by atoms with Crippen molar-refractivity contribution in [2.24, 2.45) is 0 Å². The predicted molar refractivity (Wildman–Crippen MR) is 105 cm³/mol. The summed E-state index contributed by atoms with van der Waals surface area (Å²) in [5.41, 5.74) is 4.86. The molecule has 5 rings (SSSR count). The Morgan fingerprint density at radius 3 is 2.64 bits per heavy atom. The van der Waals surface area contributed by atoms with Crippen LogP contribution in [-0.4, -0.2) is 19.9 Å². The normalized spacial score (nSPS) is 16.1. The van der Waals surface area contributed by atoms with Crippen molar-refractivity contribution in [3.63, 3.8) is 0 Å². The highest BCUT2D eigenvalue weighted by Gasteiger charge is 2.24. The van der Waals surface area contributed by atoms with Gasteiger partial charge in [-0.05, 0) is 42.8 Å². The number of aromatic nitrogens is 4. The van der Waals surface area contributed by atoms with E-state index >= 15 is 0 Å². The molecule has 0 bridgehead atoms. The highest BCUT2D eigenvalue weighted by atomic mass is 35.5. The number of fused-ring (bicyclic) bond motifs is 1. The van der Waals surface area contributed by atoms with Crippen LogP contribution in [0.2, 0.25) is 5.02 Å². The van der Waals surface area contributed by atoms with Crippen molar-refractivity contribution in [1.29, 1.82) is 0 Å². The second-order valence-electron chi connectivity index (χ2n) is 6.84. The third-order valence-electron chi connectivity index (χ3n) is 4.83. The van der Waals surface area contributed by atoms with Gasteiger partial charge in [0.1, 0.15) is 6.10 Å². The summed E-state index contributed by atoms with van der Waals surface area (Å²) in [5.74, 6) is 0.894. The van der Waals surface area contributed by atoms with Crippen molar-refractivity contribution in [2.75, 3.05) is 0 Å². The van der Waals surface area contributed by atoms with Crippen molar-refractivity contribution in [3.05, 3.63) is 76.4 Å². The van der Waals surface area contributed by atoms with Gasteiger partial charge < -0.3 is 9.26 Å². The van der Waals surface area contributed by atoms with E-state index in [9.17, 15) is 0 Å². The number of nitrogens with zero attached hydrogens (tertiary/aromatic N) is 4. The predicted octanol–water partition coefficient (Wildman–Crippen LogP) is 4.83. The third kappa shape index (κ3) is 3.21. The Labute approximate surface area is 166 Å². The Kier molecular flexibility index (Phi) is 4.22. The van der Waals surface area contributed by atoms with Gasteiger partial charge in [-0.3, -0.25) is 4.68 Å². The van der Waals surface area contributed by atoms with E-state index in [1.54, 1.807) is 12.1 Å². The second kappa shape index (κ2) is 6.89. The van der Waals surface area contributed by atoms with Crippen LogP contribution in [0.1, 0.15) is 22.9 Å². The summed E-state index contributed by atoms with van der Waals surface area (Å²) in [6.45, 7) is 3.21. The van der Waals surface area contributed by atoms with Gasteiger partial charge in [-0.15, -0.1) is 0 Å². The summed E-state index contributed by atoms with van der Waals surface area (Å²) in [6.07, 6.45) is -0.0202. The fraction of sp³-hybridized carbons (Fsp3) is 0.190. The lowest BCUT2D eigenvalue weighted by molar-refractivity contribution is -0.00113. The highest BCUT2D eigenvalue weighted by Crippen LogP contribution is 2.29. The van der Waals surface area contributed by atoms with Crippen molar-refractivity contribution >= 4 is 11.6 Å². The number of benzene rings is 2. The minimum Gasteiger partial charge on any atom is -0.365 e. The van der Waals surface area contributed by atoms with Gasteiger partial charge in [0.25, 0.3) is 5.89 Å². The third-order valence-corrected chi connectivity index (χ3v) is 5.08. The Morgan fingerprint density at radius 1 is 1.07 bits per heavy atom. The lowest BCUT2D eigenvalue weighted by Gasteiger charge is -2.24. The van der Waals surface area contributed by atoms with E-state index in [2.05, 4.69) is 46.4 Å². The number of ether oxygens (including phenoxy) is 1. The molecule has 0 fully saturated rings. The van der Waals surface area contributed by atoms with E-state index in [4.69, 9.17) is 20.9 Å². The van der Waals surface area contributed by atoms with Crippen LogP contribution in [-0.2, 0) is 17.9 Å². The summed E-state index contributed by atoms with van der Waals surface area (Å²) in [6, 6.07) is 17.6. The average molecular weight is 393 g/mol. The van der Waals surface area contributed by atoms with Gasteiger partial charge in [0, 0.05) is 10.6 Å². The molecule has 6 nitrogen and oxygen atoms in total. The fourth-order valence-corrected chi connectivity index (χ4v) is 3.38. The van der Waals surface area contributed by atoms with E-state index in [1.807, 2.05) is 22.9 Å². The maximum Gasteiger partial charge on any atom is 0.278 e. The number of aryl methyl sites for hydroxylation is 1. The zero-order valence-corrected chi connectivity index (χ0v) is 15.9. The van der Waals surface area contributed by atoms with Crippen LogP contribution in [0.3, 0.4) is 0 Å². The highest BCUT2D eigenvalue weighted by molar-refractivity contribution is 6.30. The minimum atomic E-state index is -0.0202. The van der Waals surface area contributed by atoms with E-state index in [-0.39, 0.29) is 6.10 Å². The largest absolute Gasteiger partial charge is 0.365 e. The molecule has 0 aliphatic carbocycles. The van der Waals surface area contributed by atoms with Gasteiger partial charge >= 0.3 is 0 Å². The lowest BCUT2D eigenvalue weighted by Crippen LogP contribution is -2.21. The molecule has 1 aliphatic heterocycles. The topological polar surface area (TPSA) is 66.0 Å². The molecule has 0 spiro atoms. The molecule has 0 N–H and O–H groups in total. The summed E-state index contributed by atoms with van der Waals surface area (Å²) in [5, 5.41) is 9.38.